The Morgan fingerprint density at radius 2 is 1.80 bits per heavy atom. The molecule has 25 heavy (non-hydrogen) atoms. The van der Waals surface area contributed by atoms with E-state index in [1.165, 1.54) is 0 Å². The molecule has 0 aliphatic rings. The molecule has 0 aliphatic carbocycles. The molecule has 2 rings (SSSR count). The van der Waals surface area contributed by atoms with Gasteiger partial charge in [0, 0.05) is 10.6 Å². The smallest absolute Gasteiger partial charge is 0.323 e. The Morgan fingerprint density at radius 3 is 2.32 bits per heavy atom. The lowest BCUT2D eigenvalue weighted by Gasteiger charge is -2.32. The van der Waals surface area contributed by atoms with E-state index in [1.807, 2.05) is 35.7 Å². The Bertz CT molecular complexity index is 693. The van der Waals surface area contributed by atoms with Crippen LogP contribution in [0.15, 0.2) is 47.8 Å². The molecule has 5 nitrogen and oxygen atoms in total. The van der Waals surface area contributed by atoms with Crippen molar-refractivity contribution in [3.8, 4) is 0 Å². The third-order valence-electron chi connectivity index (χ3n) is 3.78. The number of anilines is 1. The predicted octanol–water partition coefficient (Wildman–Crippen LogP) is 3.54. The lowest BCUT2D eigenvalue weighted by Crippen LogP contribution is -2.43. The lowest BCUT2D eigenvalue weighted by atomic mass is 9.85. The van der Waals surface area contributed by atoms with Gasteiger partial charge in [0.25, 0.3) is 0 Å². The molecule has 1 amide bonds. The predicted molar refractivity (Wildman–Crippen MR) is 101 cm³/mol. The van der Waals surface area contributed by atoms with Crippen LogP contribution < -0.4 is 10.2 Å². The molecule has 0 saturated heterocycles. The van der Waals surface area contributed by atoms with Crippen molar-refractivity contribution < 1.29 is 14.7 Å². The Morgan fingerprint density at radius 1 is 1.12 bits per heavy atom. The Labute approximate surface area is 152 Å². The van der Waals surface area contributed by atoms with E-state index in [1.54, 1.807) is 28.4 Å². The number of carbonyl (C=O) groups excluding carboxylic acids is 1. The number of hydrogen-bond acceptors (Lipinski definition) is 4. The first-order valence-corrected chi connectivity index (χ1v) is 9.00. The van der Waals surface area contributed by atoms with Gasteiger partial charge in [0.1, 0.15) is 6.54 Å². The SMILES string of the molecule is CC(C)(C)C(NC(=O)CN(CC(=O)O)c1ccccc1)c1cccs1. The number of carboxylic acid groups (broad SMARTS) is 1. The molecule has 0 fully saturated rings. The number of carbonyl (C=O) groups is 2. The molecular formula is C19H24N2O3S. The van der Waals surface area contributed by atoms with Gasteiger partial charge in [-0.05, 0) is 29.0 Å². The van der Waals surface area contributed by atoms with Gasteiger partial charge in [-0.25, -0.2) is 0 Å². The third kappa shape index (κ3) is 5.60. The minimum absolute atomic E-state index is 0.00569. The number of benzene rings is 1. The van der Waals surface area contributed by atoms with E-state index in [9.17, 15) is 9.59 Å². The maximum atomic E-state index is 12.6. The van der Waals surface area contributed by atoms with E-state index in [2.05, 4.69) is 26.1 Å². The van der Waals surface area contributed by atoms with E-state index in [0.717, 1.165) is 4.88 Å². The maximum absolute atomic E-state index is 12.6. The number of nitrogens with zero attached hydrogens (tertiary/aromatic N) is 1. The van der Waals surface area contributed by atoms with Crippen LogP contribution >= 0.6 is 11.3 Å². The largest absolute Gasteiger partial charge is 0.480 e. The summed E-state index contributed by atoms with van der Waals surface area (Å²) >= 11 is 1.60. The summed E-state index contributed by atoms with van der Waals surface area (Å²) in [6, 6.07) is 13.0. The second-order valence-electron chi connectivity index (χ2n) is 6.97. The van der Waals surface area contributed by atoms with Crippen molar-refractivity contribution in [2.75, 3.05) is 18.0 Å². The first kappa shape index (κ1) is 19.0. The van der Waals surface area contributed by atoms with Crippen LogP contribution in [0.5, 0.6) is 0 Å². The maximum Gasteiger partial charge on any atom is 0.323 e. The molecule has 2 aromatic rings. The van der Waals surface area contributed by atoms with E-state index in [4.69, 9.17) is 5.11 Å². The summed E-state index contributed by atoms with van der Waals surface area (Å²) in [5.41, 5.74) is 0.564. The molecule has 134 valence electrons. The highest BCUT2D eigenvalue weighted by molar-refractivity contribution is 7.10. The molecule has 1 atom stereocenters. The molecule has 1 aromatic carbocycles. The van der Waals surface area contributed by atoms with Gasteiger partial charge in [-0.2, -0.15) is 0 Å². The fraction of sp³-hybridized carbons (Fsp3) is 0.368. The number of hydrogen-bond donors (Lipinski definition) is 2. The molecule has 0 aliphatic heterocycles. The normalized spacial score (nSPS) is 12.4. The monoisotopic (exact) mass is 360 g/mol. The van der Waals surface area contributed by atoms with Crippen molar-refractivity contribution in [2.45, 2.75) is 26.8 Å². The zero-order chi connectivity index (χ0) is 18.4. The molecule has 0 bridgehead atoms. The quantitative estimate of drug-likeness (QED) is 0.792. The van der Waals surface area contributed by atoms with Crippen molar-refractivity contribution in [1.29, 1.82) is 0 Å². The van der Waals surface area contributed by atoms with Gasteiger partial charge in [-0.1, -0.05) is 45.0 Å². The molecule has 1 aromatic heterocycles. The topological polar surface area (TPSA) is 69.6 Å². The second-order valence-corrected chi connectivity index (χ2v) is 7.95. The van der Waals surface area contributed by atoms with Crippen LogP contribution in [0.3, 0.4) is 0 Å². The minimum atomic E-state index is -0.970. The number of thiophene rings is 1. The van der Waals surface area contributed by atoms with E-state index < -0.39 is 5.97 Å². The zero-order valence-electron chi connectivity index (χ0n) is 14.7. The average Bonchev–Trinajstić information content (AvgIpc) is 3.05. The van der Waals surface area contributed by atoms with Crippen LogP contribution in [0.25, 0.3) is 0 Å². The molecule has 0 radical (unpaired) electrons. The van der Waals surface area contributed by atoms with E-state index in [0.29, 0.717) is 5.69 Å². The molecule has 2 N–H and O–H groups in total. The van der Waals surface area contributed by atoms with Crippen LogP contribution in [-0.4, -0.2) is 30.1 Å². The van der Waals surface area contributed by atoms with Crippen molar-refractivity contribution >= 4 is 28.9 Å². The highest BCUT2D eigenvalue weighted by atomic mass is 32.1. The summed E-state index contributed by atoms with van der Waals surface area (Å²) in [6.07, 6.45) is 0. The van der Waals surface area contributed by atoms with E-state index in [-0.39, 0.29) is 30.5 Å². The average molecular weight is 360 g/mol. The fourth-order valence-electron chi connectivity index (χ4n) is 2.59. The zero-order valence-corrected chi connectivity index (χ0v) is 15.5. The lowest BCUT2D eigenvalue weighted by molar-refractivity contribution is -0.135. The molecule has 0 spiro atoms. The second kappa shape index (κ2) is 8.16. The number of nitrogens with one attached hydrogen (secondary N) is 1. The van der Waals surface area contributed by atoms with Gasteiger partial charge >= 0.3 is 5.97 Å². The van der Waals surface area contributed by atoms with Crippen LogP contribution in [0.4, 0.5) is 5.69 Å². The van der Waals surface area contributed by atoms with Crippen LogP contribution in [0, 0.1) is 5.41 Å². The first-order valence-electron chi connectivity index (χ1n) is 8.12. The standard InChI is InChI=1S/C19H24N2O3S/c1-19(2,3)18(15-10-7-11-25-15)20-16(22)12-21(13-17(23)24)14-8-5-4-6-9-14/h4-11,18H,12-13H2,1-3H3,(H,20,22)(H,23,24). The Balaban J connectivity index is 2.13. The van der Waals surface area contributed by atoms with Crippen LogP contribution in [-0.2, 0) is 9.59 Å². The highest BCUT2D eigenvalue weighted by Gasteiger charge is 2.29. The van der Waals surface area contributed by atoms with Gasteiger partial charge in [0.2, 0.25) is 5.91 Å². The molecule has 1 unspecified atom stereocenters. The van der Waals surface area contributed by atoms with Gasteiger partial charge in [0.05, 0.1) is 12.6 Å². The summed E-state index contributed by atoms with van der Waals surface area (Å²) in [5.74, 6) is -1.17. The van der Waals surface area contributed by atoms with Gasteiger partial charge in [0.15, 0.2) is 0 Å². The van der Waals surface area contributed by atoms with Crippen molar-refractivity contribution in [3.05, 3.63) is 52.7 Å². The van der Waals surface area contributed by atoms with Crippen LogP contribution in [0.2, 0.25) is 0 Å². The third-order valence-corrected chi connectivity index (χ3v) is 4.72. The van der Waals surface area contributed by atoms with Crippen molar-refractivity contribution in [1.82, 2.24) is 5.32 Å². The van der Waals surface area contributed by atoms with Crippen LogP contribution in [0.1, 0.15) is 31.7 Å². The summed E-state index contributed by atoms with van der Waals surface area (Å²) in [7, 11) is 0. The number of para-hydroxylation sites is 1. The molecule has 6 heteroatoms. The number of carboxylic acids is 1. The highest BCUT2D eigenvalue weighted by Crippen LogP contribution is 2.35. The molecule has 1 heterocycles. The summed E-state index contributed by atoms with van der Waals surface area (Å²) in [5, 5.41) is 14.2. The summed E-state index contributed by atoms with van der Waals surface area (Å²) in [6.45, 7) is 5.99. The van der Waals surface area contributed by atoms with Crippen molar-refractivity contribution in [3.63, 3.8) is 0 Å². The summed E-state index contributed by atoms with van der Waals surface area (Å²) in [4.78, 5) is 26.4. The minimum Gasteiger partial charge on any atom is -0.480 e. The fourth-order valence-corrected chi connectivity index (χ4v) is 3.61. The van der Waals surface area contributed by atoms with Gasteiger partial charge in [-0.3, -0.25) is 9.59 Å². The van der Waals surface area contributed by atoms with Gasteiger partial charge in [-0.15, -0.1) is 11.3 Å². The number of aliphatic carboxylic acids is 1. The molecule has 0 saturated carbocycles. The summed E-state index contributed by atoms with van der Waals surface area (Å²) < 4.78 is 0. The first-order chi connectivity index (χ1) is 11.8. The van der Waals surface area contributed by atoms with Gasteiger partial charge < -0.3 is 15.3 Å². The molecular weight excluding hydrogens is 336 g/mol. The van der Waals surface area contributed by atoms with E-state index >= 15 is 0 Å². The Hall–Kier alpha value is -2.34. The Kier molecular flexibility index (Phi) is 6.20. The van der Waals surface area contributed by atoms with Crippen molar-refractivity contribution in [2.24, 2.45) is 5.41 Å². The number of rotatable bonds is 7. The number of amides is 1.